The summed E-state index contributed by atoms with van der Waals surface area (Å²) in [7, 11) is 1.65. The van der Waals surface area contributed by atoms with Crippen molar-refractivity contribution in [1.82, 2.24) is 5.43 Å². The molecule has 130 valence electrons. The summed E-state index contributed by atoms with van der Waals surface area (Å²) in [4.78, 5) is 20.3. The summed E-state index contributed by atoms with van der Waals surface area (Å²) >= 11 is 0. The third kappa shape index (κ3) is 7.39. The van der Waals surface area contributed by atoms with Crippen LogP contribution in [-0.2, 0) is 11.2 Å². The Hall–Kier alpha value is -2.90. The molecule has 0 spiro atoms. The van der Waals surface area contributed by atoms with Crippen LogP contribution in [0.3, 0.4) is 0 Å². The molecule has 0 aliphatic heterocycles. The second-order valence-corrected chi connectivity index (χ2v) is 4.59. The Morgan fingerprint density at radius 3 is 2.25 bits per heavy atom. The maximum atomic E-state index is 10.2. The molecule has 0 aromatic heterocycles. The van der Waals surface area contributed by atoms with Gasteiger partial charge >= 0.3 is 0 Å². The molecule has 2 rings (SSSR count). The lowest BCUT2D eigenvalue weighted by Gasteiger charge is -2.02. The van der Waals surface area contributed by atoms with E-state index in [9.17, 15) is 14.7 Å². The summed E-state index contributed by atoms with van der Waals surface area (Å²) in [5.41, 5.74) is 3.62. The van der Waals surface area contributed by atoms with Crippen LogP contribution in [0, 0.1) is 6.92 Å². The molecule has 0 atom stereocenters. The zero-order chi connectivity index (χ0) is 18.5. The minimum absolute atomic E-state index is 0.00639. The Balaban J connectivity index is 0.000000381. The van der Waals surface area contributed by atoms with Crippen molar-refractivity contribution in [3.05, 3.63) is 53.1 Å². The number of carbonyl (C=O) groups is 2. The molecule has 7 heteroatoms. The third-order valence-electron chi connectivity index (χ3n) is 2.79. The van der Waals surface area contributed by atoms with Crippen molar-refractivity contribution < 1.29 is 24.9 Å². The normalized spacial score (nSPS) is 8.96. The van der Waals surface area contributed by atoms with Gasteiger partial charge in [0.15, 0.2) is 6.29 Å². The number of hydrazine groups is 1. The predicted octanol–water partition coefficient (Wildman–Crippen LogP) is 1.43. The Bertz CT molecular complexity index is 659. The maximum absolute atomic E-state index is 10.2. The smallest absolute Gasteiger partial charge is 0.153 e. The van der Waals surface area contributed by atoms with E-state index in [4.69, 9.17) is 10.2 Å². The van der Waals surface area contributed by atoms with E-state index in [1.54, 1.807) is 31.3 Å². The number of rotatable bonds is 3. The van der Waals surface area contributed by atoms with Crippen molar-refractivity contribution in [2.75, 3.05) is 7.05 Å². The van der Waals surface area contributed by atoms with Crippen LogP contribution in [0.4, 0.5) is 0 Å². The molecule has 0 aliphatic rings. The van der Waals surface area contributed by atoms with E-state index >= 15 is 0 Å². The zero-order valence-electron chi connectivity index (χ0n) is 13.6. The van der Waals surface area contributed by atoms with Gasteiger partial charge in [-0.1, -0.05) is 12.1 Å². The Kier molecular flexibility index (Phi) is 10.2. The fraction of sp³-hybridized carbons (Fsp3) is 0.176. The molecule has 0 saturated carbocycles. The monoisotopic (exact) mass is 334 g/mol. The van der Waals surface area contributed by atoms with Gasteiger partial charge < -0.3 is 20.1 Å². The summed E-state index contributed by atoms with van der Waals surface area (Å²) in [6.45, 7) is 1.54. The fourth-order valence-electron chi connectivity index (χ4n) is 1.59. The van der Waals surface area contributed by atoms with Gasteiger partial charge in [0.05, 0.1) is 5.56 Å². The number of nitrogens with one attached hydrogen (secondary N) is 1. The average molecular weight is 334 g/mol. The van der Waals surface area contributed by atoms with Crippen molar-refractivity contribution in [2.24, 2.45) is 5.84 Å². The molecule has 0 heterocycles. The zero-order valence-corrected chi connectivity index (χ0v) is 13.6. The second-order valence-electron chi connectivity index (χ2n) is 4.59. The Morgan fingerprint density at radius 2 is 1.75 bits per heavy atom. The third-order valence-corrected chi connectivity index (χ3v) is 2.79. The van der Waals surface area contributed by atoms with Gasteiger partial charge in [-0.3, -0.25) is 16.1 Å². The van der Waals surface area contributed by atoms with Gasteiger partial charge in [-0.15, -0.1) is 0 Å². The second kappa shape index (κ2) is 11.6. The molecule has 0 unspecified atom stereocenters. The summed E-state index contributed by atoms with van der Waals surface area (Å²) in [5, 5.41) is 27.2. The number of nitrogens with two attached hydrogens (primary N) is 1. The topological polar surface area (TPSA) is 133 Å². The predicted molar refractivity (Wildman–Crippen MR) is 91.0 cm³/mol. The van der Waals surface area contributed by atoms with Gasteiger partial charge in [-0.2, -0.15) is 0 Å². The highest BCUT2D eigenvalue weighted by Crippen LogP contribution is 2.27. The Morgan fingerprint density at radius 1 is 1.12 bits per heavy atom. The maximum Gasteiger partial charge on any atom is 0.153 e. The number of aldehydes is 2. The molecule has 7 nitrogen and oxygen atoms in total. The first-order valence-electron chi connectivity index (χ1n) is 6.96. The van der Waals surface area contributed by atoms with Gasteiger partial charge in [-0.25, -0.2) is 0 Å². The molecule has 24 heavy (non-hydrogen) atoms. The number of hydrogen-bond donors (Lipinski definition) is 5. The fourth-order valence-corrected chi connectivity index (χ4v) is 1.59. The van der Waals surface area contributed by atoms with Crippen LogP contribution in [0.15, 0.2) is 36.4 Å². The van der Waals surface area contributed by atoms with Crippen LogP contribution in [-0.4, -0.2) is 34.9 Å². The molecule has 0 aliphatic carbocycles. The molecule has 2 aromatic rings. The quantitative estimate of drug-likeness (QED) is 0.326. The molecule has 0 saturated heterocycles. The molecule has 2 aromatic carbocycles. The van der Waals surface area contributed by atoms with Crippen LogP contribution in [0.1, 0.15) is 21.5 Å². The first kappa shape index (κ1) is 21.1. The lowest BCUT2D eigenvalue weighted by molar-refractivity contribution is -0.107. The van der Waals surface area contributed by atoms with Gasteiger partial charge in [0.1, 0.15) is 23.5 Å². The highest BCUT2D eigenvalue weighted by Gasteiger charge is 2.06. The molecular weight excluding hydrogens is 312 g/mol. The number of aromatic hydroxyl groups is 3. The highest BCUT2D eigenvalue weighted by atomic mass is 16.3. The van der Waals surface area contributed by atoms with E-state index < -0.39 is 0 Å². The molecule has 0 fully saturated rings. The van der Waals surface area contributed by atoms with E-state index in [0.29, 0.717) is 18.3 Å². The highest BCUT2D eigenvalue weighted by molar-refractivity contribution is 5.80. The first-order valence-corrected chi connectivity index (χ1v) is 6.96. The number of hydrogen-bond acceptors (Lipinski definition) is 7. The molecule has 0 bridgehead atoms. The minimum Gasteiger partial charge on any atom is -0.508 e. The number of phenols is 3. The van der Waals surface area contributed by atoms with Gasteiger partial charge in [0.2, 0.25) is 0 Å². The molecular formula is C17H22N2O5. The SMILES string of the molecule is CNN.Cc1c(O)ccc(C=O)c1O.O=CCc1cccc(O)c1. The van der Waals surface area contributed by atoms with Crippen molar-refractivity contribution >= 4 is 12.6 Å². The summed E-state index contributed by atoms with van der Waals surface area (Å²) < 4.78 is 0. The van der Waals surface area contributed by atoms with Gasteiger partial charge in [-0.05, 0) is 43.8 Å². The lowest BCUT2D eigenvalue weighted by Crippen LogP contribution is -2.13. The van der Waals surface area contributed by atoms with Crippen LogP contribution >= 0.6 is 0 Å². The van der Waals surface area contributed by atoms with E-state index in [1.807, 2.05) is 0 Å². The van der Waals surface area contributed by atoms with E-state index in [-0.39, 0.29) is 22.8 Å². The average Bonchev–Trinajstić information content (AvgIpc) is 2.55. The molecule has 6 N–H and O–H groups in total. The minimum atomic E-state index is -0.153. The van der Waals surface area contributed by atoms with Crippen molar-refractivity contribution in [3.63, 3.8) is 0 Å². The number of phenolic OH excluding ortho intramolecular Hbond substituents is 3. The Labute approximate surface area is 140 Å². The van der Waals surface area contributed by atoms with Crippen LogP contribution in [0.2, 0.25) is 0 Å². The molecule has 0 amide bonds. The first-order chi connectivity index (χ1) is 11.4. The largest absolute Gasteiger partial charge is 0.508 e. The van der Waals surface area contributed by atoms with E-state index in [0.717, 1.165) is 11.8 Å². The number of carbonyl (C=O) groups excluding carboxylic acids is 2. The summed E-state index contributed by atoms with van der Waals surface area (Å²) in [6, 6.07) is 9.41. The standard InChI is InChI=1S/C8H8O3.C8H8O2.CH6N2/c1-5-7(10)3-2-6(4-9)8(5)11;9-5-4-7-2-1-3-8(10)6-7;1-3-2/h2-4,10-11H,1H3;1-3,5-6,10H,4H2;3H,2H2,1H3. The van der Waals surface area contributed by atoms with Crippen LogP contribution in [0.5, 0.6) is 17.2 Å². The summed E-state index contributed by atoms with van der Waals surface area (Å²) in [5.74, 6) is 4.65. The van der Waals surface area contributed by atoms with Gasteiger partial charge in [0, 0.05) is 12.0 Å². The molecule has 0 radical (unpaired) electrons. The van der Waals surface area contributed by atoms with Gasteiger partial charge in [0.25, 0.3) is 0 Å². The van der Waals surface area contributed by atoms with Crippen molar-refractivity contribution in [3.8, 4) is 17.2 Å². The van der Waals surface area contributed by atoms with E-state index in [2.05, 4.69) is 11.3 Å². The lowest BCUT2D eigenvalue weighted by atomic mass is 10.1. The van der Waals surface area contributed by atoms with E-state index in [1.165, 1.54) is 19.1 Å². The summed E-state index contributed by atoms with van der Waals surface area (Å²) in [6.07, 6.45) is 1.73. The van der Waals surface area contributed by atoms with Crippen LogP contribution in [0.25, 0.3) is 0 Å². The number of benzene rings is 2. The van der Waals surface area contributed by atoms with Crippen LogP contribution < -0.4 is 11.3 Å². The van der Waals surface area contributed by atoms with Crippen molar-refractivity contribution in [2.45, 2.75) is 13.3 Å². The van der Waals surface area contributed by atoms with Crippen molar-refractivity contribution in [1.29, 1.82) is 0 Å².